The highest BCUT2D eigenvalue weighted by Gasteiger charge is 2.65. The first-order chi connectivity index (χ1) is 17.9. The van der Waals surface area contributed by atoms with Gasteiger partial charge in [-0.05, 0) is 5.56 Å². The largest absolute Gasteiger partial charge is 0.417 e. The van der Waals surface area contributed by atoms with Gasteiger partial charge in [0.05, 0.1) is 13.2 Å². The zero-order chi connectivity index (χ0) is 27.7. The molecule has 1 N–H and O–H groups in total. The van der Waals surface area contributed by atoms with Gasteiger partial charge in [0, 0.05) is 12.5 Å². The van der Waals surface area contributed by atoms with Gasteiger partial charge >= 0.3 is 12.4 Å². The quantitative estimate of drug-likeness (QED) is 0.547. The molecule has 2 fully saturated rings. The van der Waals surface area contributed by atoms with Gasteiger partial charge in [0.25, 0.3) is 0 Å². The van der Waals surface area contributed by atoms with Crippen LogP contribution in [0.15, 0.2) is 60.7 Å². The number of halogens is 6. The molecule has 4 rings (SSSR count). The molecule has 0 bridgehead atoms. The average Bonchev–Trinajstić information content (AvgIpc) is 2.85. The molecule has 208 valence electrons. The van der Waals surface area contributed by atoms with E-state index in [-0.39, 0.29) is 13.2 Å². The number of aliphatic hydroxyl groups is 1. The lowest BCUT2D eigenvalue weighted by molar-refractivity contribution is -0.363. The number of rotatable bonds is 6. The molecule has 38 heavy (non-hydrogen) atoms. The lowest BCUT2D eigenvalue weighted by atomic mass is 9.92. The van der Waals surface area contributed by atoms with Crippen molar-refractivity contribution in [1.29, 1.82) is 0 Å². The maximum absolute atomic E-state index is 13.8. The molecule has 1 unspecified atom stereocenters. The summed E-state index contributed by atoms with van der Waals surface area (Å²) in [7, 11) is 0. The van der Waals surface area contributed by atoms with E-state index in [1.165, 1.54) is 0 Å². The van der Waals surface area contributed by atoms with Crippen LogP contribution in [-0.2, 0) is 30.3 Å². The van der Waals surface area contributed by atoms with E-state index in [1.807, 2.05) is 0 Å². The second-order valence-electron chi connectivity index (χ2n) is 8.91. The highest BCUT2D eigenvalue weighted by Crippen LogP contribution is 2.43. The number of hydrogen-bond acceptors (Lipinski definition) is 6. The fourth-order valence-electron chi connectivity index (χ4n) is 4.67. The smallest absolute Gasteiger partial charge is 0.368 e. The van der Waals surface area contributed by atoms with E-state index in [2.05, 4.69) is 0 Å². The molecule has 2 heterocycles. The maximum Gasteiger partial charge on any atom is 0.417 e. The summed E-state index contributed by atoms with van der Waals surface area (Å²) in [4.78, 5) is 12.0. The normalized spacial score (nSPS) is 28.1. The Kier molecular flexibility index (Phi) is 8.33. The lowest BCUT2D eigenvalue weighted by Crippen LogP contribution is -2.71. The van der Waals surface area contributed by atoms with Crippen molar-refractivity contribution in [3.05, 3.63) is 71.8 Å². The Labute approximate surface area is 213 Å². The first-order valence-electron chi connectivity index (χ1n) is 11.6. The molecule has 7 nitrogen and oxygen atoms in total. The Morgan fingerprint density at radius 2 is 1.58 bits per heavy atom. The van der Waals surface area contributed by atoms with E-state index in [1.54, 1.807) is 60.7 Å². The molecule has 2 saturated heterocycles. The number of benzene rings is 2. The zero-order valence-electron chi connectivity index (χ0n) is 19.9. The molecule has 0 saturated carbocycles. The third-order valence-electron chi connectivity index (χ3n) is 6.27. The van der Waals surface area contributed by atoms with Gasteiger partial charge in [-0.3, -0.25) is 4.79 Å². The second-order valence-corrected chi connectivity index (χ2v) is 8.91. The van der Waals surface area contributed by atoms with E-state index in [0.29, 0.717) is 18.1 Å². The minimum atomic E-state index is -5.91. The van der Waals surface area contributed by atoms with E-state index in [0.717, 1.165) is 0 Å². The fourth-order valence-corrected chi connectivity index (χ4v) is 4.67. The standard InChI is InChI=1S/C25H25F6NO6/c1-14(33)32(23(24(26,27)28)25(29,30)31)18-20(35-12-15-8-4-2-5-9-15)19-17(37-21(18)34)13-36-22(38-19)16-10-6-3-7-11-16/h2-11,17-23,34H,12-13H2,1H3/t17-,18-,19-,20+,21+,22?/m1/s1. The van der Waals surface area contributed by atoms with Gasteiger partial charge in [0.1, 0.15) is 24.4 Å². The van der Waals surface area contributed by atoms with Crippen molar-refractivity contribution in [2.75, 3.05) is 6.61 Å². The minimum Gasteiger partial charge on any atom is -0.368 e. The molecular formula is C25H25F6NO6. The number of fused-ring (bicyclic) bond motifs is 1. The number of aliphatic hydroxyl groups excluding tert-OH is 1. The van der Waals surface area contributed by atoms with E-state index in [9.17, 15) is 36.2 Å². The fraction of sp³-hybridized carbons (Fsp3) is 0.480. The van der Waals surface area contributed by atoms with E-state index >= 15 is 0 Å². The highest BCUT2D eigenvalue weighted by molar-refractivity contribution is 5.74. The Hall–Kier alpha value is -2.71. The number of carbonyl (C=O) groups is 1. The predicted octanol–water partition coefficient (Wildman–Crippen LogP) is 4.11. The second kappa shape index (κ2) is 11.2. The molecule has 6 atom stereocenters. The van der Waals surface area contributed by atoms with Crippen LogP contribution in [0.4, 0.5) is 26.3 Å². The molecule has 1 amide bonds. The molecule has 13 heteroatoms. The average molecular weight is 549 g/mol. The van der Waals surface area contributed by atoms with Crippen molar-refractivity contribution in [3.63, 3.8) is 0 Å². The highest BCUT2D eigenvalue weighted by atomic mass is 19.4. The summed E-state index contributed by atoms with van der Waals surface area (Å²) in [5.41, 5.74) is 1.08. The molecule has 2 aliphatic rings. The molecule has 0 radical (unpaired) electrons. The van der Waals surface area contributed by atoms with Gasteiger partial charge in [-0.2, -0.15) is 26.3 Å². The summed E-state index contributed by atoms with van der Waals surface area (Å²) in [6, 6.07) is 10.3. The van der Waals surface area contributed by atoms with Crippen LogP contribution in [0.5, 0.6) is 0 Å². The van der Waals surface area contributed by atoms with Crippen molar-refractivity contribution in [3.8, 4) is 0 Å². The number of nitrogens with zero attached hydrogens (tertiary/aromatic N) is 1. The van der Waals surface area contributed by atoms with Crippen molar-refractivity contribution < 1.29 is 55.2 Å². The summed E-state index contributed by atoms with van der Waals surface area (Å²) in [5, 5.41) is 10.7. The first-order valence-corrected chi connectivity index (χ1v) is 11.6. The van der Waals surface area contributed by atoms with Gasteiger partial charge in [-0.25, -0.2) is 0 Å². The Morgan fingerprint density at radius 1 is 1.00 bits per heavy atom. The topological polar surface area (TPSA) is 77.5 Å². The number of carbonyl (C=O) groups excluding carboxylic acids is 1. The first kappa shape index (κ1) is 28.3. The molecule has 2 aromatic carbocycles. The van der Waals surface area contributed by atoms with Gasteiger partial charge in [-0.15, -0.1) is 0 Å². The molecule has 0 aromatic heterocycles. The third-order valence-corrected chi connectivity index (χ3v) is 6.27. The van der Waals surface area contributed by atoms with Crippen LogP contribution in [-0.4, -0.2) is 71.6 Å². The molecule has 2 aliphatic heterocycles. The summed E-state index contributed by atoms with van der Waals surface area (Å²) in [5.74, 6) is -1.59. The SMILES string of the molecule is CC(=O)N(C(C(F)(F)F)C(F)(F)F)[C@@H]1[C@H](OCc2ccccc2)[C@@H]2OC(c3ccccc3)OC[C@H]2O[C@@H]1O. The zero-order valence-corrected chi connectivity index (χ0v) is 19.9. The van der Waals surface area contributed by atoms with Crippen LogP contribution >= 0.6 is 0 Å². The summed E-state index contributed by atoms with van der Waals surface area (Å²) < 4.78 is 105. The van der Waals surface area contributed by atoms with Crippen LogP contribution in [0.25, 0.3) is 0 Å². The van der Waals surface area contributed by atoms with Gasteiger partial charge in [0.2, 0.25) is 11.9 Å². The van der Waals surface area contributed by atoms with Crippen LogP contribution in [0.2, 0.25) is 0 Å². The van der Waals surface area contributed by atoms with Crippen LogP contribution in [0.1, 0.15) is 24.3 Å². The van der Waals surface area contributed by atoms with Crippen LogP contribution in [0.3, 0.4) is 0 Å². The Bertz CT molecular complexity index is 1060. The number of alkyl halides is 6. The van der Waals surface area contributed by atoms with E-state index in [4.69, 9.17) is 18.9 Å². The van der Waals surface area contributed by atoms with Crippen LogP contribution < -0.4 is 0 Å². The lowest BCUT2D eigenvalue weighted by Gasteiger charge is -2.52. The predicted molar refractivity (Wildman–Crippen MR) is 118 cm³/mol. The van der Waals surface area contributed by atoms with Crippen molar-refractivity contribution >= 4 is 5.91 Å². The van der Waals surface area contributed by atoms with Crippen molar-refractivity contribution in [2.45, 2.75) is 68.9 Å². The Balaban J connectivity index is 1.75. The van der Waals surface area contributed by atoms with Crippen molar-refractivity contribution in [1.82, 2.24) is 4.90 Å². The summed E-state index contributed by atoms with van der Waals surface area (Å²) >= 11 is 0. The summed E-state index contributed by atoms with van der Waals surface area (Å²) in [6.45, 7) is 0.0863. The summed E-state index contributed by atoms with van der Waals surface area (Å²) in [6.07, 6.45) is -19.2. The number of amides is 1. The monoisotopic (exact) mass is 549 g/mol. The minimum absolute atomic E-state index is 0.207. The molecular weight excluding hydrogens is 524 g/mol. The number of hydrogen-bond donors (Lipinski definition) is 1. The van der Waals surface area contributed by atoms with E-state index < -0.39 is 66.1 Å². The molecule has 0 spiro atoms. The molecule has 0 aliphatic carbocycles. The van der Waals surface area contributed by atoms with Gasteiger partial charge < -0.3 is 29.0 Å². The Morgan fingerprint density at radius 3 is 2.13 bits per heavy atom. The van der Waals surface area contributed by atoms with Crippen LogP contribution in [0, 0.1) is 0 Å². The maximum atomic E-state index is 13.8. The number of ether oxygens (including phenoxy) is 4. The third kappa shape index (κ3) is 6.12. The van der Waals surface area contributed by atoms with Gasteiger partial charge in [0.15, 0.2) is 12.6 Å². The van der Waals surface area contributed by atoms with Gasteiger partial charge in [-0.1, -0.05) is 60.7 Å². The van der Waals surface area contributed by atoms with Crippen molar-refractivity contribution in [2.24, 2.45) is 0 Å². The molecule has 2 aromatic rings.